The van der Waals surface area contributed by atoms with Crippen molar-refractivity contribution in [2.24, 2.45) is 0 Å². The van der Waals surface area contributed by atoms with Gasteiger partial charge in [-0.1, -0.05) is 18.2 Å². The SMILES string of the molecule is O=S1(=O)CC(n2cc(-c3ncnc4oc(-c5ccccc5C(F)(F)F)cc34)c(-c3ccc(F)cc3)n2)C1. The Morgan fingerprint density at radius 3 is 2.38 bits per heavy atom. The van der Waals surface area contributed by atoms with Crippen molar-refractivity contribution in [1.82, 2.24) is 19.7 Å². The van der Waals surface area contributed by atoms with Crippen LogP contribution >= 0.6 is 0 Å². The standard InChI is InChI=1S/C25H16F4N4O3S/c26-15-7-5-14(6-8-15)22-19(10-33(32-22)16-11-37(34,35)12-16)23-18-9-21(36-24(18)31-13-30-23)17-3-1-2-4-20(17)25(27,28)29/h1-10,13,16H,11-12H2. The zero-order chi connectivity index (χ0) is 25.9. The summed E-state index contributed by atoms with van der Waals surface area (Å²) < 4.78 is 85.2. The van der Waals surface area contributed by atoms with Crippen LogP contribution in [-0.4, -0.2) is 39.7 Å². The van der Waals surface area contributed by atoms with Gasteiger partial charge >= 0.3 is 6.18 Å². The third kappa shape index (κ3) is 4.16. The molecule has 0 saturated carbocycles. The van der Waals surface area contributed by atoms with Gasteiger partial charge in [-0.3, -0.25) is 4.68 Å². The highest BCUT2D eigenvalue weighted by Crippen LogP contribution is 2.41. The van der Waals surface area contributed by atoms with Gasteiger partial charge in [0, 0.05) is 22.9 Å². The van der Waals surface area contributed by atoms with Crippen LogP contribution in [0.1, 0.15) is 11.6 Å². The monoisotopic (exact) mass is 528 g/mol. The van der Waals surface area contributed by atoms with E-state index in [2.05, 4.69) is 15.1 Å². The van der Waals surface area contributed by atoms with E-state index in [1.165, 1.54) is 59.5 Å². The average Bonchev–Trinajstić information content (AvgIpc) is 3.47. The second-order valence-corrected chi connectivity index (χ2v) is 10.9. The third-order valence-corrected chi connectivity index (χ3v) is 7.98. The molecule has 0 radical (unpaired) electrons. The molecule has 1 aliphatic rings. The first kappa shape index (κ1) is 23.3. The fourth-order valence-electron chi connectivity index (χ4n) is 4.41. The molecule has 0 bridgehead atoms. The van der Waals surface area contributed by atoms with Gasteiger partial charge in [0.2, 0.25) is 5.71 Å². The average molecular weight is 528 g/mol. The second-order valence-electron chi connectivity index (χ2n) is 8.70. The summed E-state index contributed by atoms with van der Waals surface area (Å²) in [7, 11) is -3.14. The van der Waals surface area contributed by atoms with Crippen LogP contribution in [-0.2, 0) is 16.0 Å². The molecular formula is C25H16F4N4O3S. The number of benzene rings is 2. The predicted molar refractivity (Wildman–Crippen MR) is 127 cm³/mol. The number of rotatable bonds is 4. The number of aromatic nitrogens is 4. The molecule has 0 unspecified atom stereocenters. The number of hydrogen-bond acceptors (Lipinski definition) is 6. The van der Waals surface area contributed by atoms with Gasteiger partial charge in [0.1, 0.15) is 23.6 Å². The van der Waals surface area contributed by atoms with Crippen LogP contribution in [0, 0.1) is 5.82 Å². The number of nitrogens with zero attached hydrogens (tertiary/aromatic N) is 4. The van der Waals surface area contributed by atoms with Crippen molar-refractivity contribution < 1.29 is 30.4 Å². The number of fused-ring (bicyclic) bond motifs is 1. The van der Waals surface area contributed by atoms with E-state index in [0.29, 0.717) is 27.9 Å². The minimum absolute atomic E-state index is 0.0366. The van der Waals surface area contributed by atoms with Gasteiger partial charge in [-0.25, -0.2) is 22.8 Å². The van der Waals surface area contributed by atoms with Crippen molar-refractivity contribution in [3.05, 3.63) is 78.5 Å². The molecule has 0 amide bonds. The van der Waals surface area contributed by atoms with Crippen molar-refractivity contribution in [2.75, 3.05) is 11.5 Å². The van der Waals surface area contributed by atoms with E-state index >= 15 is 0 Å². The van der Waals surface area contributed by atoms with E-state index < -0.39 is 27.4 Å². The summed E-state index contributed by atoms with van der Waals surface area (Å²) in [5, 5.41) is 4.93. The molecule has 6 rings (SSSR count). The molecule has 0 aliphatic carbocycles. The first-order chi connectivity index (χ1) is 17.6. The van der Waals surface area contributed by atoms with E-state index in [0.717, 1.165) is 6.07 Å². The highest BCUT2D eigenvalue weighted by molar-refractivity contribution is 7.92. The molecule has 0 N–H and O–H groups in total. The first-order valence-electron chi connectivity index (χ1n) is 11.1. The van der Waals surface area contributed by atoms with Gasteiger partial charge in [-0.15, -0.1) is 0 Å². The van der Waals surface area contributed by atoms with E-state index in [1.807, 2.05) is 0 Å². The van der Waals surface area contributed by atoms with Gasteiger partial charge in [-0.2, -0.15) is 18.3 Å². The molecule has 12 heteroatoms. The third-order valence-electron chi connectivity index (χ3n) is 6.20. The highest BCUT2D eigenvalue weighted by Gasteiger charge is 2.37. The van der Waals surface area contributed by atoms with E-state index in [9.17, 15) is 26.0 Å². The van der Waals surface area contributed by atoms with Crippen molar-refractivity contribution in [2.45, 2.75) is 12.2 Å². The van der Waals surface area contributed by atoms with Crippen LogP contribution in [0.2, 0.25) is 0 Å². The molecule has 5 aromatic rings. The zero-order valence-electron chi connectivity index (χ0n) is 18.8. The molecule has 4 heterocycles. The van der Waals surface area contributed by atoms with Crippen molar-refractivity contribution in [3.8, 4) is 33.8 Å². The Hall–Kier alpha value is -4.06. The maximum atomic E-state index is 13.6. The van der Waals surface area contributed by atoms with Gasteiger partial charge in [0.15, 0.2) is 9.84 Å². The lowest BCUT2D eigenvalue weighted by molar-refractivity contribution is -0.137. The topological polar surface area (TPSA) is 90.9 Å². The number of alkyl halides is 3. The second kappa shape index (κ2) is 8.23. The molecule has 188 valence electrons. The van der Waals surface area contributed by atoms with Crippen molar-refractivity contribution in [1.29, 1.82) is 0 Å². The summed E-state index contributed by atoms with van der Waals surface area (Å²) in [6, 6.07) is 11.7. The Labute approximate surface area is 207 Å². The van der Waals surface area contributed by atoms with Gasteiger partial charge in [-0.05, 0) is 36.4 Å². The summed E-state index contributed by atoms with van der Waals surface area (Å²) in [5.74, 6) is -0.618. The first-order valence-corrected chi connectivity index (χ1v) is 12.9. The Morgan fingerprint density at radius 2 is 1.68 bits per heavy atom. The molecule has 37 heavy (non-hydrogen) atoms. The summed E-state index contributed by atoms with van der Waals surface area (Å²) in [5.41, 5.74) is 0.832. The predicted octanol–water partition coefficient (Wildman–Crippen LogP) is 5.55. The number of furan rings is 1. The number of sulfone groups is 1. The highest BCUT2D eigenvalue weighted by atomic mass is 32.2. The summed E-state index contributed by atoms with van der Waals surface area (Å²) in [6.07, 6.45) is -1.74. The van der Waals surface area contributed by atoms with Crippen LogP contribution < -0.4 is 0 Å². The molecule has 7 nitrogen and oxygen atoms in total. The maximum Gasteiger partial charge on any atom is 0.417 e. The maximum absolute atomic E-state index is 13.6. The molecular weight excluding hydrogens is 512 g/mol. The van der Waals surface area contributed by atoms with Gasteiger partial charge in [0.05, 0.1) is 34.2 Å². The minimum atomic E-state index is -4.59. The quantitative estimate of drug-likeness (QED) is 0.284. The zero-order valence-corrected chi connectivity index (χ0v) is 19.6. The molecule has 1 aliphatic heterocycles. The molecule has 0 spiro atoms. The van der Waals surface area contributed by atoms with E-state index in [-0.39, 0.29) is 34.6 Å². The normalized spacial score (nSPS) is 15.7. The summed E-state index contributed by atoms with van der Waals surface area (Å²) >= 11 is 0. The van der Waals surface area contributed by atoms with Crippen LogP contribution in [0.3, 0.4) is 0 Å². The Bertz CT molecular complexity index is 1750. The van der Waals surface area contributed by atoms with Gasteiger partial charge in [0.25, 0.3) is 0 Å². The Kier molecular flexibility index (Phi) is 5.19. The summed E-state index contributed by atoms with van der Waals surface area (Å²) in [4.78, 5) is 8.46. The van der Waals surface area contributed by atoms with Crippen molar-refractivity contribution in [3.63, 3.8) is 0 Å². The van der Waals surface area contributed by atoms with Crippen molar-refractivity contribution >= 4 is 20.9 Å². The lowest BCUT2D eigenvalue weighted by atomic mass is 10.0. The fraction of sp³-hybridized carbons (Fsp3) is 0.160. The largest absolute Gasteiger partial charge is 0.438 e. The molecule has 2 aromatic carbocycles. The molecule has 3 aromatic heterocycles. The lowest BCUT2D eigenvalue weighted by Crippen LogP contribution is -2.38. The summed E-state index contributed by atoms with van der Waals surface area (Å²) in [6.45, 7) is 0. The molecule has 1 saturated heterocycles. The number of halogens is 4. The van der Waals surface area contributed by atoms with Crippen LogP contribution in [0.4, 0.5) is 17.6 Å². The Morgan fingerprint density at radius 1 is 0.946 bits per heavy atom. The molecule has 1 fully saturated rings. The fourth-order valence-corrected chi connectivity index (χ4v) is 5.79. The van der Waals surface area contributed by atoms with E-state index in [1.54, 1.807) is 6.20 Å². The molecule has 0 atom stereocenters. The Balaban J connectivity index is 1.53. The van der Waals surface area contributed by atoms with Crippen LogP contribution in [0.25, 0.3) is 44.9 Å². The smallest absolute Gasteiger partial charge is 0.417 e. The van der Waals surface area contributed by atoms with Crippen LogP contribution in [0.15, 0.2) is 71.5 Å². The van der Waals surface area contributed by atoms with Crippen LogP contribution in [0.5, 0.6) is 0 Å². The van der Waals surface area contributed by atoms with Gasteiger partial charge < -0.3 is 4.42 Å². The lowest BCUT2D eigenvalue weighted by Gasteiger charge is -2.25. The minimum Gasteiger partial charge on any atom is -0.438 e. The van der Waals surface area contributed by atoms with E-state index in [4.69, 9.17) is 4.42 Å². The number of hydrogen-bond donors (Lipinski definition) is 0.